The third kappa shape index (κ3) is 4.59. The van der Waals surface area contributed by atoms with Gasteiger partial charge in [-0.15, -0.1) is 0 Å². The monoisotopic (exact) mass is 506 g/mol. The van der Waals surface area contributed by atoms with Gasteiger partial charge >= 0.3 is 0 Å². The van der Waals surface area contributed by atoms with Gasteiger partial charge in [0.05, 0.1) is 11.0 Å². The second-order valence-corrected chi connectivity index (χ2v) is 10.1. The first-order chi connectivity index (χ1) is 18.5. The molecular formula is C30H30N6O2. The summed E-state index contributed by atoms with van der Waals surface area (Å²) in [6.45, 7) is 6.00. The quantitative estimate of drug-likeness (QED) is 0.352. The van der Waals surface area contributed by atoms with E-state index in [1.807, 2.05) is 61.7 Å². The van der Waals surface area contributed by atoms with Crippen molar-refractivity contribution < 1.29 is 9.59 Å². The van der Waals surface area contributed by atoms with Crippen LogP contribution in [-0.4, -0.2) is 55.6 Å². The van der Waals surface area contributed by atoms with Crippen LogP contribution in [0.15, 0.2) is 67.0 Å². The number of aryl methyl sites for hydroxylation is 1. The molecule has 4 heterocycles. The van der Waals surface area contributed by atoms with E-state index in [1.165, 1.54) is 0 Å². The van der Waals surface area contributed by atoms with Gasteiger partial charge in [-0.05, 0) is 68.3 Å². The van der Waals surface area contributed by atoms with Crippen LogP contribution >= 0.6 is 0 Å². The zero-order chi connectivity index (χ0) is 26.2. The number of hydrogen-bond donors (Lipinski definition) is 2. The second-order valence-electron chi connectivity index (χ2n) is 10.1. The number of aromatic nitrogens is 4. The Morgan fingerprint density at radius 1 is 1.11 bits per heavy atom. The highest BCUT2D eigenvalue weighted by atomic mass is 16.2. The standard InChI is InChI=1S/C30H30N6O2/c1-19-14-21(11-12-31-19)29-26-15-22(9-10-27(26)33-34-29)30(38)32-24-6-5-13-35(18-24)16-23-17-36(20(2)37)28-8-4-3-7-25(23)28/h3-4,7-12,14-15,17,24H,5-6,13,16,18H2,1-2H3,(H,32,38)(H,33,34)/t24-/m1/s1. The molecule has 0 unspecified atom stereocenters. The molecule has 1 amide bonds. The summed E-state index contributed by atoms with van der Waals surface area (Å²) in [6, 6.07) is 17.7. The van der Waals surface area contributed by atoms with Crippen LogP contribution < -0.4 is 5.32 Å². The van der Waals surface area contributed by atoms with E-state index in [1.54, 1.807) is 17.7 Å². The van der Waals surface area contributed by atoms with E-state index >= 15 is 0 Å². The van der Waals surface area contributed by atoms with Gasteiger partial charge in [0.15, 0.2) is 0 Å². The molecule has 0 radical (unpaired) electrons. The number of pyridine rings is 1. The van der Waals surface area contributed by atoms with E-state index in [2.05, 4.69) is 31.5 Å². The fraction of sp³-hybridized carbons (Fsp3) is 0.267. The summed E-state index contributed by atoms with van der Waals surface area (Å²) in [6.07, 6.45) is 5.67. The van der Waals surface area contributed by atoms with E-state index in [9.17, 15) is 9.59 Å². The topological polar surface area (TPSA) is 95.9 Å². The zero-order valence-electron chi connectivity index (χ0n) is 21.6. The number of piperidine rings is 1. The molecule has 6 rings (SSSR count). The molecule has 38 heavy (non-hydrogen) atoms. The number of fused-ring (bicyclic) bond motifs is 2. The van der Waals surface area contributed by atoms with Gasteiger partial charge in [0, 0.05) is 66.0 Å². The van der Waals surface area contributed by atoms with Crippen molar-refractivity contribution in [3.8, 4) is 11.3 Å². The Balaban J connectivity index is 1.18. The van der Waals surface area contributed by atoms with E-state index in [0.717, 1.165) is 76.8 Å². The number of likely N-dealkylation sites (tertiary alicyclic amines) is 1. The van der Waals surface area contributed by atoms with Gasteiger partial charge in [0.25, 0.3) is 5.91 Å². The largest absolute Gasteiger partial charge is 0.348 e. The summed E-state index contributed by atoms with van der Waals surface area (Å²) in [4.78, 5) is 32.1. The van der Waals surface area contributed by atoms with Crippen LogP contribution in [0, 0.1) is 6.92 Å². The predicted octanol–water partition coefficient (Wildman–Crippen LogP) is 4.94. The summed E-state index contributed by atoms with van der Waals surface area (Å²) in [7, 11) is 0. The number of amides is 1. The number of rotatable bonds is 5. The Labute approximate surface area is 220 Å². The van der Waals surface area contributed by atoms with Crippen LogP contribution in [-0.2, 0) is 6.54 Å². The maximum absolute atomic E-state index is 13.3. The Hall–Kier alpha value is -4.30. The van der Waals surface area contributed by atoms with Gasteiger partial charge in [-0.1, -0.05) is 18.2 Å². The smallest absolute Gasteiger partial charge is 0.251 e. The Bertz CT molecular complexity index is 1670. The summed E-state index contributed by atoms with van der Waals surface area (Å²) < 4.78 is 1.72. The molecule has 1 fully saturated rings. The van der Waals surface area contributed by atoms with Crippen molar-refractivity contribution in [2.24, 2.45) is 0 Å². The van der Waals surface area contributed by atoms with Gasteiger partial charge in [-0.2, -0.15) is 5.10 Å². The minimum atomic E-state index is -0.0787. The SMILES string of the molecule is CC(=O)n1cc(CN2CCC[C@@H](NC(=O)c3ccc4[nH]nc(-c5ccnc(C)c5)c4c3)C2)c2ccccc21. The molecule has 2 N–H and O–H groups in total. The number of nitrogens with zero attached hydrogens (tertiary/aromatic N) is 4. The van der Waals surface area contributed by atoms with Gasteiger partial charge in [-0.25, -0.2) is 0 Å². The van der Waals surface area contributed by atoms with E-state index in [4.69, 9.17) is 0 Å². The second kappa shape index (κ2) is 9.87. The van der Waals surface area contributed by atoms with Crippen LogP contribution in [0.5, 0.6) is 0 Å². The first-order valence-corrected chi connectivity index (χ1v) is 13.0. The molecule has 0 aliphatic carbocycles. The van der Waals surface area contributed by atoms with E-state index < -0.39 is 0 Å². The first kappa shape index (κ1) is 24.1. The number of aromatic amines is 1. The highest BCUT2D eigenvalue weighted by Gasteiger charge is 2.24. The van der Waals surface area contributed by atoms with Crippen LogP contribution in [0.3, 0.4) is 0 Å². The zero-order valence-corrected chi connectivity index (χ0v) is 21.6. The number of hydrogen-bond acceptors (Lipinski definition) is 5. The van der Waals surface area contributed by atoms with Crippen molar-refractivity contribution in [2.75, 3.05) is 13.1 Å². The van der Waals surface area contributed by atoms with Gasteiger partial charge in [-0.3, -0.25) is 29.1 Å². The number of nitrogens with one attached hydrogen (secondary N) is 2. The molecule has 0 bridgehead atoms. The molecule has 1 atom stereocenters. The summed E-state index contributed by atoms with van der Waals surface area (Å²) in [5, 5.41) is 12.8. The molecule has 1 saturated heterocycles. The molecule has 1 aliphatic rings. The van der Waals surface area contributed by atoms with E-state index in [0.29, 0.717) is 5.56 Å². The van der Waals surface area contributed by atoms with Crippen molar-refractivity contribution in [1.29, 1.82) is 0 Å². The lowest BCUT2D eigenvalue weighted by molar-refractivity contribution is 0.0898. The predicted molar refractivity (Wildman–Crippen MR) is 148 cm³/mol. The van der Waals surface area contributed by atoms with Crippen molar-refractivity contribution in [2.45, 2.75) is 39.3 Å². The average molecular weight is 507 g/mol. The molecule has 5 aromatic rings. The minimum absolute atomic E-state index is 0.00745. The fourth-order valence-electron chi connectivity index (χ4n) is 5.53. The average Bonchev–Trinajstić information content (AvgIpc) is 3.50. The maximum atomic E-state index is 13.3. The molecular weight excluding hydrogens is 476 g/mol. The summed E-state index contributed by atoms with van der Waals surface area (Å²) in [5.41, 5.74) is 6.27. The molecule has 8 heteroatoms. The third-order valence-corrected chi connectivity index (χ3v) is 7.36. The van der Waals surface area contributed by atoms with Gasteiger partial charge in [0.2, 0.25) is 5.91 Å². The fourth-order valence-corrected chi connectivity index (χ4v) is 5.53. The maximum Gasteiger partial charge on any atom is 0.251 e. The molecule has 3 aromatic heterocycles. The normalized spacial score (nSPS) is 16.2. The number of carbonyl (C=O) groups excluding carboxylic acids is 2. The van der Waals surface area contributed by atoms with Crippen LogP contribution in [0.2, 0.25) is 0 Å². The molecule has 0 spiro atoms. The van der Waals surface area contributed by atoms with Crippen molar-refractivity contribution in [3.63, 3.8) is 0 Å². The minimum Gasteiger partial charge on any atom is -0.348 e. The summed E-state index contributed by atoms with van der Waals surface area (Å²) >= 11 is 0. The highest BCUT2D eigenvalue weighted by Crippen LogP contribution is 2.28. The van der Waals surface area contributed by atoms with Crippen molar-refractivity contribution in [3.05, 3.63) is 83.8 Å². The first-order valence-electron chi connectivity index (χ1n) is 13.0. The van der Waals surface area contributed by atoms with E-state index in [-0.39, 0.29) is 17.9 Å². The van der Waals surface area contributed by atoms with Gasteiger partial charge in [0.1, 0.15) is 5.69 Å². The Morgan fingerprint density at radius 3 is 2.82 bits per heavy atom. The number of para-hydroxylation sites is 1. The molecule has 8 nitrogen and oxygen atoms in total. The van der Waals surface area contributed by atoms with Crippen LogP contribution in [0.4, 0.5) is 0 Å². The molecule has 0 saturated carbocycles. The molecule has 1 aliphatic heterocycles. The van der Waals surface area contributed by atoms with Gasteiger partial charge < -0.3 is 5.32 Å². The Kier molecular flexibility index (Phi) is 6.25. The van der Waals surface area contributed by atoms with Crippen LogP contribution in [0.25, 0.3) is 33.1 Å². The Morgan fingerprint density at radius 2 is 1.97 bits per heavy atom. The lowest BCUT2D eigenvalue weighted by atomic mass is 10.0. The van der Waals surface area contributed by atoms with Crippen molar-refractivity contribution in [1.82, 2.24) is 30.0 Å². The molecule has 192 valence electrons. The molecule has 2 aromatic carbocycles. The number of H-pyrrole nitrogens is 1. The number of benzene rings is 2. The lowest BCUT2D eigenvalue weighted by Crippen LogP contribution is -2.47. The number of carbonyl (C=O) groups is 2. The summed E-state index contributed by atoms with van der Waals surface area (Å²) in [5.74, 6) is -0.0713. The lowest BCUT2D eigenvalue weighted by Gasteiger charge is -2.33. The highest BCUT2D eigenvalue weighted by molar-refractivity contribution is 6.01. The third-order valence-electron chi connectivity index (χ3n) is 7.36. The van der Waals surface area contributed by atoms with Crippen LogP contribution in [0.1, 0.15) is 46.2 Å². The van der Waals surface area contributed by atoms with Crippen molar-refractivity contribution >= 4 is 33.6 Å².